The lowest BCUT2D eigenvalue weighted by molar-refractivity contribution is 0.191. The summed E-state index contributed by atoms with van der Waals surface area (Å²) in [6.07, 6.45) is -0.897. The van der Waals surface area contributed by atoms with Gasteiger partial charge < -0.3 is 10.4 Å². The Morgan fingerprint density at radius 2 is 1.95 bits per heavy atom. The number of halogens is 3. The number of nitriles is 1. The molecule has 1 atom stereocenters. The van der Waals surface area contributed by atoms with Crippen LogP contribution in [0.3, 0.4) is 0 Å². The SMILES string of the molecule is N#Cc1ccc(NCC(O)c2ccc(Cl)c(F)c2)cc1Cl. The van der Waals surface area contributed by atoms with E-state index in [9.17, 15) is 9.50 Å². The molecule has 2 aromatic rings. The highest BCUT2D eigenvalue weighted by Gasteiger charge is 2.10. The monoisotopic (exact) mass is 324 g/mol. The number of hydrogen-bond donors (Lipinski definition) is 2. The van der Waals surface area contributed by atoms with Crippen LogP contribution in [0.2, 0.25) is 10.0 Å². The van der Waals surface area contributed by atoms with Gasteiger partial charge in [-0.2, -0.15) is 5.26 Å². The highest BCUT2D eigenvalue weighted by Crippen LogP contribution is 2.23. The van der Waals surface area contributed by atoms with Gasteiger partial charge in [0.05, 0.1) is 21.7 Å². The molecule has 0 heterocycles. The average molecular weight is 325 g/mol. The molecule has 0 aliphatic carbocycles. The number of aliphatic hydroxyl groups is 1. The van der Waals surface area contributed by atoms with E-state index in [2.05, 4.69) is 5.32 Å². The summed E-state index contributed by atoms with van der Waals surface area (Å²) in [5, 5.41) is 22.1. The molecule has 2 rings (SSSR count). The van der Waals surface area contributed by atoms with Gasteiger partial charge in [-0.05, 0) is 35.9 Å². The zero-order valence-electron chi connectivity index (χ0n) is 10.8. The largest absolute Gasteiger partial charge is 0.387 e. The van der Waals surface area contributed by atoms with Gasteiger partial charge in [-0.1, -0.05) is 29.3 Å². The lowest BCUT2D eigenvalue weighted by Crippen LogP contribution is -2.12. The topological polar surface area (TPSA) is 56.0 Å². The van der Waals surface area contributed by atoms with E-state index < -0.39 is 11.9 Å². The fourth-order valence-electron chi connectivity index (χ4n) is 1.77. The number of nitrogens with zero attached hydrogens (tertiary/aromatic N) is 1. The number of anilines is 1. The minimum absolute atomic E-state index is 0.0118. The van der Waals surface area contributed by atoms with Gasteiger partial charge in [0.2, 0.25) is 0 Å². The van der Waals surface area contributed by atoms with E-state index in [-0.39, 0.29) is 11.6 Å². The molecule has 0 amide bonds. The van der Waals surface area contributed by atoms with Crippen molar-refractivity contribution in [2.24, 2.45) is 0 Å². The van der Waals surface area contributed by atoms with Gasteiger partial charge in [-0.3, -0.25) is 0 Å². The maximum atomic E-state index is 13.3. The molecule has 2 aromatic carbocycles. The first kappa shape index (κ1) is 15.6. The van der Waals surface area contributed by atoms with Crippen LogP contribution in [0.1, 0.15) is 17.2 Å². The van der Waals surface area contributed by atoms with Gasteiger partial charge in [0.15, 0.2) is 0 Å². The molecule has 0 fully saturated rings. The van der Waals surface area contributed by atoms with Crippen LogP contribution in [0.5, 0.6) is 0 Å². The molecule has 1 unspecified atom stereocenters. The Labute approximate surface area is 131 Å². The van der Waals surface area contributed by atoms with Gasteiger partial charge in [0, 0.05) is 12.2 Å². The molecule has 108 valence electrons. The van der Waals surface area contributed by atoms with Crippen LogP contribution >= 0.6 is 23.2 Å². The lowest BCUT2D eigenvalue weighted by atomic mass is 10.1. The summed E-state index contributed by atoms with van der Waals surface area (Å²) in [6.45, 7) is 0.170. The van der Waals surface area contributed by atoms with Crippen molar-refractivity contribution in [2.75, 3.05) is 11.9 Å². The second-order valence-electron chi connectivity index (χ2n) is 4.38. The van der Waals surface area contributed by atoms with Crippen molar-refractivity contribution < 1.29 is 9.50 Å². The first-order chi connectivity index (χ1) is 10.0. The maximum absolute atomic E-state index is 13.3. The normalized spacial score (nSPS) is 11.8. The maximum Gasteiger partial charge on any atom is 0.142 e. The third kappa shape index (κ3) is 3.85. The Bertz CT molecular complexity index is 701. The van der Waals surface area contributed by atoms with Crippen LogP contribution in [-0.2, 0) is 0 Å². The van der Waals surface area contributed by atoms with Crippen molar-refractivity contribution >= 4 is 28.9 Å². The summed E-state index contributed by atoms with van der Waals surface area (Å²) in [7, 11) is 0. The van der Waals surface area contributed by atoms with Crippen molar-refractivity contribution in [1.82, 2.24) is 0 Å². The average Bonchev–Trinajstić information content (AvgIpc) is 2.47. The first-order valence-electron chi connectivity index (χ1n) is 6.08. The van der Waals surface area contributed by atoms with Gasteiger partial charge in [0.25, 0.3) is 0 Å². The van der Waals surface area contributed by atoms with E-state index in [1.165, 1.54) is 12.1 Å². The van der Waals surface area contributed by atoms with Crippen LogP contribution < -0.4 is 5.32 Å². The summed E-state index contributed by atoms with van der Waals surface area (Å²) >= 11 is 11.5. The molecule has 6 heteroatoms. The van der Waals surface area contributed by atoms with Gasteiger partial charge in [-0.15, -0.1) is 0 Å². The standard InChI is InChI=1S/C15H11Cl2FN2O/c16-12-4-2-9(5-14(12)18)15(21)8-20-11-3-1-10(7-19)13(17)6-11/h1-6,15,20-21H,8H2. The van der Waals surface area contributed by atoms with E-state index in [0.717, 1.165) is 0 Å². The van der Waals surface area contributed by atoms with Crippen molar-refractivity contribution in [2.45, 2.75) is 6.10 Å². The minimum atomic E-state index is -0.897. The molecule has 3 nitrogen and oxygen atoms in total. The van der Waals surface area contributed by atoms with Crippen LogP contribution in [0.4, 0.5) is 10.1 Å². The number of aliphatic hydroxyl groups excluding tert-OH is 1. The summed E-state index contributed by atoms with van der Waals surface area (Å²) in [4.78, 5) is 0. The summed E-state index contributed by atoms with van der Waals surface area (Å²) in [5.74, 6) is -0.574. The van der Waals surface area contributed by atoms with E-state index in [1.807, 2.05) is 6.07 Å². The summed E-state index contributed by atoms with van der Waals surface area (Å²) < 4.78 is 13.3. The highest BCUT2D eigenvalue weighted by molar-refractivity contribution is 6.32. The van der Waals surface area contributed by atoms with Crippen LogP contribution in [-0.4, -0.2) is 11.7 Å². The van der Waals surface area contributed by atoms with Gasteiger partial charge >= 0.3 is 0 Å². The smallest absolute Gasteiger partial charge is 0.142 e. The van der Waals surface area contributed by atoms with Crippen molar-refractivity contribution in [3.63, 3.8) is 0 Å². The van der Waals surface area contributed by atoms with Crippen molar-refractivity contribution in [3.8, 4) is 6.07 Å². The molecule has 0 bridgehead atoms. The molecule has 0 radical (unpaired) electrons. The molecule has 0 spiro atoms. The first-order valence-corrected chi connectivity index (χ1v) is 6.83. The molecule has 2 N–H and O–H groups in total. The minimum Gasteiger partial charge on any atom is -0.387 e. The van der Waals surface area contributed by atoms with E-state index in [0.29, 0.717) is 21.8 Å². The van der Waals surface area contributed by atoms with Crippen LogP contribution in [0, 0.1) is 17.1 Å². The quantitative estimate of drug-likeness (QED) is 0.888. The number of benzene rings is 2. The van der Waals surface area contributed by atoms with E-state index in [1.54, 1.807) is 24.3 Å². The van der Waals surface area contributed by atoms with Crippen molar-refractivity contribution in [3.05, 3.63) is 63.4 Å². The predicted octanol–water partition coefficient (Wildman–Crippen LogP) is 4.15. The molecule has 0 aromatic heterocycles. The number of hydrogen-bond acceptors (Lipinski definition) is 3. The Balaban J connectivity index is 2.04. The zero-order chi connectivity index (χ0) is 15.4. The lowest BCUT2D eigenvalue weighted by Gasteiger charge is -2.14. The third-order valence-electron chi connectivity index (χ3n) is 2.92. The summed E-state index contributed by atoms with van der Waals surface area (Å²) in [5.41, 5.74) is 1.46. The molecular weight excluding hydrogens is 314 g/mol. The molecule has 0 saturated carbocycles. The second-order valence-corrected chi connectivity index (χ2v) is 5.19. The number of rotatable bonds is 4. The van der Waals surface area contributed by atoms with Crippen LogP contribution in [0.15, 0.2) is 36.4 Å². The van der Waals surface area contributed by atoms with Crippen LogP contribution in [0.25, 0.3) is 0 Å². The van der Waals surface area contributed by atoms with E-state index >= 15 is 0 Å². The Morgan fingerprint density at radius 1 is 1.19 bits per heavy atom. The number of nitrogens with one attached hydrogen (secondary N) is 1. The summed E-state index contributed by atoms with van der Waals surface area (Å²) in [6, 6.07) is 11.0. The fraction of sp³-hybridized carbons (Fsp3) is 0.133. The van der Waals surface area contributed by atoms with Crippen molar-refractivity contribution in [1.29, 1.82) is 5.26 Å². The van der Waals surface area contributed by atoms with Gasteiger partial charge in [0.1, 0.15) is 11.9 Å². The molecule has 0 aliphatic rings. The predicted molar refractivity (Wildman–Crippen MR) is 81.0 cm³/mol. The highest BCUT2D eigenvalue weighted by atomic mass is 35.5. The molecule has 21 heavy (non-hydrogen) atoms. The zero-order valence-corrected chi connectivity index (χ0v) is 12.3. The van der Waals surface area contributed by atoms with Gasteiger partial charge in [-0.25, -0.2) is 4.39 Å². The fourth-order valence-corrected chi connectivity index (χ4v) is 2.11. The molecule has 0 aliphatic heterocycles. The Hall–Kier alpha value is -1.80. The Morgan fingerprint density at radius 3 is 2.57 bits per heavy atom. The second kappa shape index (κ2) is 6.77. The van der Waals surface area contributed by atoms with E-state index in [4.69, 9.17) is 28.5 Å². The molecule has 0 saturated heterocycles. The third-order valence-corrected chi connectivity index (χ3v) is 3.54. The Kier molecular flexibility index (Phi) is 5.03. The molecular formula is C15H11Cl2FN2O.